The summed E-state index contributed by atoms with van der Waals surface area (Å²) in [5.41, 5.74) is 1.51. The lowest BCUT2D eigenvalue weighted by molar-refractivity contribution is 0.329. The van der Waals surface area contributed by atoms with Gasteiger partial charge in [0.1, 0.15) is 6.10 Å². The molecule has 0 saturated carbocycles. The molecule has 0 aliphatic heterocycles. The molecule has 0 saturated heterocycles. The zero-order valence-corrected chi connectivity index (χ0v) is 7.39. The van der Waals surface area contributed by atoms with Gasteiger partial charge in [-0.25, -0.2) is 0 Å². The van der Waals surface area contributed by atoms with Crippen molar-refractivity contribution in [2.75, 3.05) is 0 Å². The maximum Gasteiger partial charge on any atom is 0.119 e. The molecule has 0 unspecified atom stereocenters. The van der Waals surface area contributed by atoms with Crippen LogP contribution in [0.3, 0.4) is 0 Å². The molecule has 0 spiro atoms. The molecule has 0 heterocycles. The minimum atomic E-state index is 0.206. The van der Waals surface area contributed by atoms with Gasteiger partial charge in [-0.1, -0.05) is 32.9 Å². The summed E-state index contributed by atoms with van der Waals surface area (Å²) in [7, 11) is 0. The van der Waals surface area contributed by atoms with Crippen LogP contribution in [0.4, 0.5) is 0 Å². The smallest absolute Gasteiger partial charge is 0.119 e. The van der Waals surface area contributed by atoms with Crippen LogP contribution in [0.1, 0.15) is 27.2 Å². The Labute approximate surface area is 68.4 Å². The lowest BCUT2D eigenvalue weighted by Crippen LogP contribution is -2.10. The Hall–Kier alpha value is -0.560. The van der Waals surface area contributed by atoms with Gasteiger partial charge in [-0.3, -0.25) is 0 Å². The van der Waals surface area contributed by atoms with Crippen LogP contribution in [0.2, 0.25) is 0 Å². The number of aliphatic hydroxyl groups is 1. The monoisotopic (exact) mass is 151 g/mol. The van der Waals surface area contributed by atoms with Crippen molar-refractivity contribution in [2.24, 2.45) is 5.41 Å². The fourth-order valence-electron chi connectivity index (χ4n) is 1.09. The number of allylic oxidation sites excluding steroid dienone is 2. The molecule has 61 valence electrons. The van der Waals surface area contributed by atoms with E-state index in [0.717, 1.165) is 0 Å². The Morgan fingerprint density at radius 1 is 1.27 bits per heavy atom. The van der Waals surface area contributed by atoms with Crippen LogP contribution in [-0.2, 0) is 0 Å². The highest BCUT2D eigenvalue weighted by atomic mass is 16.3. The standard InChI is InChI=1S/C10H15O/c1-10(2,3)8-4-6-9(11)7-5-8/h4-6,11H,7H2,1-3H3. The van der Waals surface area contributed by atoms with Gasteiger partial charge >= 0.3 is 0 Å². The van der Waals surface area contributed by atoms with Crippen LogP contribution in [-0.4, -0.2) is 5.11 Å². The molecule has 1 N–H and O–H groups in total. The molecule has 0 amide bonds. The van der Waals surface area contributed by atoms with E-state index in [1.807, 2.05) is 6.08 Å². The topological polar surface area (TPSA) is 20.2 Å². The summed E-state index contributed by atoms with van der Waals surface area (Å²) >= 11 is 0. The predicted molar refractivity (Wildman–Crippen MR) is 46.5 cm³/mol. The van der Waals surface area contributed by atoms with Crippen molar-refractivity contribution >= 4 is 0 Å². The second-order valence-corrected chi connectivity index (χ2v) is 3.94. The van der Waals surface area contributed by atoms with E-state index >= 15 is 0 Å². The summed E-state index contributed by atoms with van der Waals surface area (Å²) in [6.07, 6.45) is 6.98. The zero-order chi connectivity index (χ0) is 8.48. The van der Waals surface area contributed by atoms with Crippen LogP contribution in [0.5, 0.6) is 0 Å². The van der Waals surface area contributed by atoms with E-state index in [1.165, 1.54) is 5.57 Å². The molecule has 1 nitrogen and oxygen atoms in total. The third-order valence-electron chi connectivity index (χ3n) is 1.85. The highest BCUT2D eigenvalue weighted by Gasteiger charge is 2.17. The van der Waals surface area contributed by atoms with E-state index in [0.29, 0.717) is 12.5 Å². The van der Waals surface area contributed by atoms with Crippen LogP contribution < -0.4 is 0 Å². The molecule has 1 radical (unpaired) electrons. The fourth-order valence-corrected chi connectivity index (χ4v) is 1.09. The summed E-state index contributed by atoms with van der Waals surface area (Å²) in [6.45, 7) is 6.52. The second kappa shape index (κ2) is 2.82. The van der Waals surface area contributed by atoms with Crippen molar-refractivity contribution in [1.29, 1.82) is 0 Å². The van der Waals surface area contributed by atoms with Crippen molar-refractivity contribution < 1.29 is 5.11 Å². The van der Waals surface area contributed by atoms with Crippen molar-refractivity contribution in [3.05, 3.63) is 29.9 Å². The summed E-state index contributed by atoms with van der Waals surface area (Å²) in [5, 5.41) is 9.08. The minimum absolute atomic E-state index is 0.206. The number of hydrogen-bond donors (Lipinski definition) is 1. The Balaban J connectivity index is 2.71. The molecular weight excluding hydrogens is 136 g/mol. The fraction of sp³-hybridized carbons (Fsp3) is 0.500. The molecule has 1 aliphatic rings. The molecular formula is C10H15O. The first-order chi connectivity index (χ1) is 5.00. The van der Waals surface area contributed by atoms with E-state index < -0.39 is 0 Å². The van der Waals surface area contributed by atoms with Crippen molar-refractivity contribution in [3.63, 3.8) is 0 Å². The Bertz CT molecular complexity index is 193. The van der Waals surface area contributed by atoms with Gasteiger partial charge < -0.3 is 5.11 Å². The number of aliphatic hydroxyl groups excluding tert-OH is 1. The molecule has 1 heteroatoms. The third-order valence-corrected chi connectivity index (χ3v) is 1.85. The quantitative estimate of drug-likeness (QED) is 0.564. The second-order valence-electron chi connectivity index (χ2n) is 3.94. The average Bonchev–Trinajstić information content (AvgIpc) is 1.86. The SMILES string of the molecule is CC(C)(C)C1=CC[C](O)C=C1. The van der Waals surface area contributed by atoms with Crippen molar-refractivity contribution in [3.8, 4) is 0 Å². The lowest BCUT2D eigenvalue weighted by Gasteiger charge is -2.23. The molecule has 0 aromatic carbocycles. The minimum Gasteiger partial charge on any atom is -0.382 e. The zero-order valence-electron chi connectivity index (χ0n) is 7.39. The summed E-state index contributed by atoms with van der Waals surface area (Å²) in [4.78, 5) is 0. The highest BCUT2D eigenvalue weighted by molar-refractivity contribution is 5.32. The Morgan fingerprint density at radius 2 is 1.91 bits per heavy atom. The van der Waals surface area contributed by atoms with Crippen molar-refractivity contribution in [2.45, 2.75) is 27.2 Å². The van der Waals surface area contributed by atoms with Gasteiger partial charge in [0.2, 0.25) is 0 Å². The van der Waals surface area contributed by atoms with Crippen LogP contribution in [0.25, 0.3) is 0 Å². The van der Waals surface area contributed by atoms with E-state index in [4.69, 9.17) is 5.11 Å². The highest BCUT2D eigenvalue weighted by Crippen LogP contribution is 2.30. The van der Waals surface area contributed by atoms with Gasteiger partial charge in [-0.15, -0.1) is 0 Å². The van der Waals surface area contributed by atoms with Gasteiger partial charge in [0.25, 0.3) is 0 Å². The first-order valence-corrected chi connectivity index (χ1v) is 3.93. The summed E-state index contributed by atoms with van der Waals surface area (Å²) in [6, 6.07) is 0. The molecule has 0 aromatic rings. The van der Waals surface area contributed by atoms with Crippen LogP contribution in [0, 0.1) is 11.5 Å². The summed E-state index contributed by atoms with van der Waals surface area (Å²) in [5.74, 6) is 0. The predicted octanol–water partition coefficient (Wildman–Crippen LogP) is 2.82. The van der Waals surface area contributed by atoms with E-state index in [-0.39, 0.29) is 5.41 Å². The van der Waals surface area contributed by atoms with Gasteiger partial charge in [0.05, 0.1) is 0 Å². The molecule has 0 atom stereocenters. The third kappa shape index (κ3) is 2.19. The van der Waals surface area contributed by atoms with Gasteiger partial charge in [-0.2, -0.15) is 0 Å². The van der Waals surface area contributed by atoms with E-state index in [9.17, 15) is 0 Å². The van der Waals surface area contributed by atoms with E-state index in [2.05, 4.69) is 26.8 Å². The largest absolute Gasteiger partial charge is 0.382 e. The first-order valence-electron chi connectivity index (χ1n) is 3.93. The molecule has 11 heavy (non-hydrogen) atoms. The number of hydrogen-bond acceptors (Lipinski definition) is 1. The molecule has 0 bridgehead atoms. The molecule has 1 rings (SSSR count). The normalized spacial score (nSPS) is 20.2. The van der Waals surface area contributed by atoms with E-state index in [1.54, 1.807) is 6.08 Å². The van der Waals surface area contributed by atoms with Gasteiger partial charge in [0.15, 0.2) is 0 Å². The summed E-state index contributed by atoms with van der Waals surface area (Å²) < 4.78 is 0. The van der Waals surface area contributed by atoms with Crippen LogP contribution in [0.15, 0.2) is 23.8 Å². The van der Waals surface area contributed by atoms with Crippen LogP contribution >= 0.6 is 0 Å². The number of rotatable bonds is 0. The molecule has 0 aromatic heterocycles. The van der Waals surface area contributed by atoms with Crippen molar-refractivity contribution in [1.82, 2.24) is 0 Å². The Kier molecular flexibility index (Phi) is 2.19. The average molecular weight is 151 g/mol. The Morgan fingerprint density at radius 3 is 2.27 bits per heavy atom. The first kappa shape index (κ1) is 8.54. The molecule has 1 aliphatic carbocycles. The maximum atomic E-state index is 9.08. The molecule has 0 fully saturated rings. The van der Waals surface area contributed by atoms with Gasteiger partial charge in [0, 0.05) is 6.42 Å². The maximum absolute atomic E-state index is 9.08. The lowest BCUT2D eigenvalue weighted by atomic mass is 9.83. The van der Waals surface area contributed by atoms with Gasteiger partial charge in [-0.05, 0) is 17.1 Å².